The first-order chi connectivity index (χ1) is 15.3. The molecule has 1 aliphatic rings. The zero-order valence-electron chi connectivity index (χ0n) is 17.3. The van der Waals surface area contributed by atoms with Crippen molar-refractivity contribution in [2.45, 2.75) is 44.4 Å². The Morgan fingerprint density at radius 1 is 1.03 bits per heavy atom. The number of imidazole rings is 1. The zero-order chi connectivity index (χ0) is 23.0. The second kappa shape index (κ2) is 8.42. The molecular formula is C21H22N4O7. The van der Waals surface area contributed by atoms with Crippen LogP contribution in [0.5, 0.6) is 5.75 Å². The van der Waals surface area contributed by atoms with Gasteiger partial charge in [-0.1, -0.05) is 6.07 Å². The van der Waals surface area contributed by atoms with Crippen LogP contribution in [-0.2, 0) is 6.54 Å². The van der Waals surface area contributed by atoms with Gasteiger partial charge in [0.25, 0.3) is 5.69 Å². The maximum Gasteiger partial charge on any atom is 0.329 e. The van der Waals surface area contributed by atoms with Crippen molar-refractivity contribution in [2.24, 2.45) is 0 Å². The van der Waals surface area contributed by atoms with Crippen molar-refractivity contribution < 1.29 is 19.7 Å². The lowest BCUT2D eigenvalue weighted by atomic mass is 9.93. The molecule has 1 fully saturated rings. The predicted molar refractivity (Wildman–Crippen MR) is 115 cm³/mol. The molecule has 3 aromatic rings. The highest BCUT2D eigenvalue weighted by atomic mass is 16.6. The van der Waals surface area contributed by atoms with E-state index in [0.717, 1.165) is 0 Å². The monoisotopic (exact) mass is 442 g/mol. The van der Waals surface area contributed by atoms with Gasteiger partial charge in [0.15, 0.2) is 5.75 Å². The number of ether oxygens (including phenoxy) is 1. The Morgan fingerprint density at radius 2 is 1.75 bits per heavy atom. The first-order valence-electron chi connectivity index (χ1n) is 10.2. The average Bonchev–Trinajstić information content (AvgIpc) is 3.05. The maximum atomic E-state index is 13.4. The van der Waals surface area contributed by atoms with Crippen LogP contribution >= 0.6 is 0 Å². The summed E-state index contributed by atoms with van der Waals surface area (Å²) in [7, 11) is 1.33. The van der Waals surface area contributed by atoms with E-state index in [2.05, 4.69) is 0 Å². The van der Waals surface area contributed by atoms with Crippen molar-refractivity contribution >= 4 is 22.4 Å². The van der Waals surface area contributed by atoms with Gasteiger partial charge in [0.1, 0.15) is 0 Å². The molecule has 11 heteroatoms. The number of rotatable bonds is 6. The predicted octanol–water partition coefficient (Wildman–Crippen LogP) is 3.15. The molecule has 0 radical (unpaired) electrons. The van der Waals surface area contributed by atoms with E-state index in [-0.39, 0.29) is 35.4 Å². The van der Waals surface area contributed by atoms with Crippen LogP contribution in [0.15, 0.2) is 41.2 Å². The number of nitro benzene ring substituents is 2. The van der Waals surface area contributed by atoms with Crippen LogP contribution in [0, 0.1) is 20.2 Å². The summed E-state index contributed by atoms with van der Waals surface area (Å²) in [6.07, 6.45) is 1.98. The molecule has 1 saturated carbocycles. The number of aliphatic hydroxyl groups is 1. The summed E-state index contributed by atoms with van der Waals surface area (Å²) in [6, 6.07) is 8.55. The van der Waals surface area contributed by atoms with Gasteiger partial charge in [-0.25, -0.2) is 4.79 Å². The third-order valence-electron chi connectivity index (χ3n) is 5.97. The second-order valence-electron chi connectivity index (χ2n) is 7.89. The molecule has 0 amide bonds. The first-order valence-corrected chi connectivity index (χ1v) is 10.2. The second-order valence-corrected chi connectivity index (χ2v) is 7.89. The molecule has 0 atom stereocenters. The van der Waals surface area contributed by atoms with Crippen molar-refractivity contribution in [3.05, 3.63) is 72.7 Å². The van der Waals surface area contributed by atoms with Crippen LogP contribution in [0.2, 0.25) is 0 Å². The van der Waals surface area contributed by atoms with Gasteiger partial charge in [-0.2, -0.15) is 0 Å². The number of fused-ring (bicyclic) bond motifs is 1. The molecule has 32 heavy (non-hydrogen) atoms. The summed E-state index contributed by atoms with van der Waals surface area (Å²) < 4.78 is 8.06. The number of aromatic nitrogens is 2. The van der Waals surface area contributed by atoms with Crippen LogP contribution in [0.25, 0.3) is 11.0 Å². The van der Waals surface area contributed by atoms with Gasteiger partial charge in [-0.15, -0.1) is 0 Å². The summed E-state index contributed by atoms with van der Waals surface area (Å²) in [5, 5.41) is 32.5. The quantitative estimate of drug-likeness (QED) is 0.456. The molecule has 4 rings (SSSR count). The summed E-state index contributed by atoms with van der Waals surface area (Å²) in [4.78, 5) is 35.0. The Balaban J connectivity index is 1.85. The maximum absolute atomic E-state index is 13.4. The van der Waals surface area contributed by atoms with Crippen molar-refractivity contribution in [2.75, 3.05) is 7.11 Å². The molecule has 1 aliphatic carbocycles. The number of non-ortho nitro benzene ring substituents is 1. The van der Waals surface area contributed by atoms with Gasteiger partial charge in [-0.05, 0) is 43.4 Å². The molecular weight excluding hydrogens is 420 g/mol. The molecule has 0 aliphatic heterocycles. The Hall–Kier alpha value is -3.73. The fourth-order valence-corrected chi connectivity index (χ4v) is 4.36. The highest BCUT2D eigenvalue weighted by Gasteiger charge is 2.27. The Morgan fingerprint density at radius 3 is 2.38 bits per heavy atom. The van der Waals surface area contributed by atoms with E-state index in [9.17, 15) is 30.1 Å². The van der Waals surface area contributed by atoms with Gasteiger partial charge >= 0.3 is 11.4 Å². The van der Waals surface area contributed by atoms with E-state index >= 15 is 0 Å². The van der Waals surface area contributed by atoms with Gasteiger partial charge in [0, 0.05) is 24.2 Å². The fourth-order valence-electron chi connectivity index (χ4n) is 4.36. The number of aliphatic hydroxyl groups excluding tert-OH is 1. The van der Waals surface area contributed by atoms with Crippen LogP contribution in [0.3, 0.4) is 0 Å². The lowest BCUT2D eigenvalue weighted by molar-refractivity contribution is -0.385. The van der Waals surface area contributed by atoms with Crippen LogP contribution in [0.1, 0.15) is 37.3 Å². The van der Waals surface area contributed by atoms with Crippen molar-refractivity contribution in [1.29, 1.82) is 0 Å². The number of nitro groups is 2. The lowest BCUT2D eigenvalue weighted by Gasteiger charge is -2.26. The van der Waals surface area contributed by atoms with Gasteiger partial charge in [0.05, 0.1) is 40.6 Å². The van der Waals surface area contributed by atoms with Gasteiger partial charge in [-0.3, -0.25) is 29.4 Å². The number of nitrogens with zero attached hydrogens (tertiary/aromatic N) is 4. The highest BCUT2D eigenvalue weighted by Crippen LogP contribution is 2.32. The molecule has 1 aromatic heterocycles. The molecule has 11 nitrogen and oxygen atoms in total. The molecule has 168 valence electrons. The highest BCUT2D eigenvalue weighted by molar-refractivity contribution is 5.79. The number of hydrogen-bond acceptors (Lipinski definition) is 7. The molecule has 0 saturated heterocycles. The summed E-state index contributed by atoms with van der Waals surface area (Å²) in [6.45, 7) is 0.00365. The minimum atomic E-state index is -0.563. The molecule has 0 bridgehead atoms. The average molecular weight is 442 g/mol. The Labute approximate surface area is 181 Å². The zero-order valence-corrected chi connectivity index (χ0v) is 17.3. The summed E-state index contributed by atoms with van der Waals surface area (Å²) in [5.74, 6) is 0.102. The van der Waals surface area contributed by atoms with E-state index in [1.54, 1.807) is 16.7 Å². The van der Waals surface area contributed by atoms with Crippen LogP contribution in [-0.4, -0.2) is 37.3 Å². The van der Waals surface area contributed by atoms with E-state index in [1.807, 2.05) is 0 Å². The van der Waals surface area contributed by atoms with E-state index in [0.29, 0.717) is 42.3 Å². The summed E-state index contributed by atoms with van der Waals surface area (Å²) >= 11 is 0. The van der Waals surface area contributed by atoms with E-state index < -0.39 is 16.0 Å². The third-order valence-corrected chi connectivity index (χ3v) is 5.97. The minimum absolute atomic E-state index is 0.00365. The number of benzene rings is 2. The molecule has 0 unspecified atom stereocenters. The fraction of sp³-hybridized carbons (Fsp3) is 0.381. The van der Waals surface area contributed by atoms with E-state index in [4.69, 9.17) is 4.74 Å². The van der Waals surface area contributed by atoms with E-state index in [1.165, 1.54) is 35.9 Å². The minimum Gasteiger partial charge on any atom is -0.490 e. The topological polar surface area (TPSA) is 143 Å². The number of methoxy groups -OCH3 is 1. The SMILES string of the molecule is COc1ccc(Cn2c(=O)n([C@H]3CC[C@H](O)CC3)c3ccc([N+](=O)[O-])cc32)cc1[N+](=O)[O-]. The lowest BCUT2D eigenvalue weighted by Crippen LogP contribution is -2.31. The van der Waals surface area contributed by atoms with Crippen molar-refractivity contribution in [3.8, 4) is 5.75 Å². The van der Waals surface area contributed by atoms with Crippen molar-refractivity contribution in [1.82, 2.24) is 9.13 Å². The Bertz CT molecular complexity index is 1260. The third kappa shape index (κ3) is 3.82. The van der Waals surface area contributed by atoms with Gasteiger partial charge in [0.2, 0.25) is 0 Å². The first kappa shape index (κ1) is 21.5. The molecule has 0 spiro atoms. The molecule has 1 N–H and O–H groups in total. The molecule has 2 aromatic carbocycles. The Kier molecular flexibility index (Phi) is 5.66. The van der Waals surface area contributed by atoms with Crippen LogP contribution in [0.4, 0.5) is 11.4 Å². The number of hydrogen-bond donors (Lipinski definition) is 1. The summed E-state index contributed by atoms with van der Waals surface area (Å²) in [5.41, 5.74) is 0.709. The van der Waals surface area contributed by atoms with Crippen molar-refractivity contribution in [3.63, 3.8) is 0 Å². The van der Waals surface area contributed by atoms with Crippen LogP contribution < -0.4 is 10.4 Å². The molecule has 1 heterocycles. The normalized spacial score (nSPS) is 18.6. The van der Waals surface area contributed by atoms with Gasteiger partial charge < -0.3 is 9.84 Å². The largest absolute Gasteiger partial charge is 0.490 e. The smallest absolute Gasteiger partial charge is 0.329 e. The standard InChI is InChI=1S/C21H22N4O7/c1-32-20-9-2-13(10-19(20)25(30)31)12-22-18-11-15(24(28)29)5-8-17(18)23(21(22)27)14-3-6-16(26)7-4-14/h2,5,8-11,14,16,26H,3-4,6-7,12H2,1H3/t14-,16-.